The van der Waals surface area contributed by atoms with E-state index in [9.17, 15) is 13.5 Å². The molecule has 0 unspecified atom stereocenters. The van der Waals surface area contributed by atoms with E-state index < -0.39 is 10.0 Å². The Morgan fingerprint density at radius 2 is 1.96 bits per heavy atom. The fourth-order valence-electron chi connectivity index (χ4n) is 2.94. The minimum Gasteiger partial charge on any atom is -0.504 e. The number of fused-ring (bicyclic) bond motifs is 3. The number of benzene rings is 1. The van der Waals surface area contributed by atoms with Gasteiger partial charge < -0.3 is 9.84 Å². The van der Waals surface area contributed by atoms with Crippen molar-refractivity contribution in [3.63, 3.8) is 0 Å². The van der Waals surface area contributed by atoms with Crippen molar-refractivity contribution in [1.29, 1.82) is 0 Å². The number of aromatic nitrogens is 3. The highest BCUT2D eigenvalue weighted by molar-refractivity contribution is 7.91. The number of methoxy groups -OCH3 is 1. The smallest absolute Gasteiger partial charge is 0.239 e. The second kappa shape index (κ2) is 6.44. The number of aromatic hydroxyl groups is 1. The molecule has 9 heteroatoms. The Kier molecular flexibility index (Phi) is 4.08. The van der Waals surface area contributed by atoms with Crippen LogP contribution in [0, 0.1) is 0 Å². The minimum atomic E-state index is -3.73. The fourth-order valence-corrected chi connectivity index (χ4v) is 4.07. The van der Waals surface area contributed by atoms with E-state index >= 15 is 0 Å². The molecular weight excluding hydrogens is 368 g/mol. The first-order chi connectivity index (χ1) is 13.0. The predicted octanol–water partition coefficient (Wildman–Crippen LogP) is 2.54. The summed E-state index contributed by atoms with van der Waals surface area (Å²) in [4.78, 5) is 8.34. The molecule has 0 atom stereocenters. The molecule has 0 spiro atoms. The molecule has 8 nitrogen and oxygen atoms in total. The molecule has 0 aliphatic heterocycles. The normalized spacial score (nSPS) is 11.7. The number of ether oxygens (including phenoxy) is 1. The summed E-state index contributed by atoms with van der Waals surface area (Å²) in [7, 11) is -2.20. The fraction of sp³-hybridized carbons (Fsp3) is 0.111. The molecule has 138 valence electrons. The Bertz CT molecular complexity index is 1240. The van der Waals surface area contributed by atoms with Gasteiger partial charge in [-0.15, -0.1) is 0 Å². The molecule has 0 aliphatic rings. The van der Waals surface area contributed by atoms with Crippen molar-refractivity contribution in [2.45, 2.75) is 5.75 Å². The van der Waals surface area contributed by atoms with Crippen LogP contribution in [0.5, 0.6) is 11.5 Å². The van der Waals surface area contributed by atoms with E-state index in [-0.39, 0.29) is 17.5 Å². The highest BCUT2D eigenvalue weighted by Crippen LogP contribution is 2.32. The van der Waals surface area contributed by atoms with Gasteiger partial charge in [-0.3, -0.25) is 9.12 Å². The standard InChI is InChI=1S/C18H16N4O4S/c1-26-16-7-8-19-17-13(16)9-14-15(23)10-20-18(22(14)17)21-27(24,25)11-12-5-3-2-4-6-12/h2-10,23H,11H2,1H3,(H,20,21). The van der Waals surface area contributed by atoms with Gasteiger partial charge >= 0.3 is 0 Å². The van der Waals surface area contributed by atoms with E-state index in [0.717, 1.165) is 0 Å². The van der Waals surface area contributed by atoms with Gasteiger partial charge in [0.2, 0.25) is 16.0 Å². The maximum absolute atomic E-state index is 12.6. The van der Waals surface area contributed by atoms with E-state index in [2.05, 4.69) is 14.7 Å². The Hall–Kier alpha value is -3.33. The van der Waals surface area contributed by atoms with Gasteiger partial charge in [0.05, 0.1) is 30.0 Å². The number of pyridine rings is 1. The van der Waals surface area contributed by atoms with Crippen molar-refractivity contribution in [2.24, 2.45) is 0 Å². The molecule has 0 amide bonds. The first-order valence-corrected chi connectivity index (χ1v) is 9.70. The largest absolute Gasteiger partial charge is 0.504 e. The van der Waals surface area contributed by atoms with Crippen molar-refractivity contribution in [2.75, 3.05) is 11.8 Å². The average Bonchev–Trinajstić information content (AvgIpc) is 3.05. The molecule has 0 saturated carbocycles. The van der Waals surface area contributed by atoms with Crippen molar-refractivity contribution < 1.29 is 18.3 Å². The summed E-state index contributed by atoms with van der Waals surface area (Å²) in [6.45, 7) is 0. The summed E-state index contributed by atoms with van der Waals surface area (Å²) in [5, 5.41) is 10.8. The third-order valence-electron chi connectivity index (χ3n) is 4.11. The van der Waals surface area contributed by atoms with E-state index in [0.29, 0.717) is 27.9 Å². The molecule has 0 aliphatic carbocycles. The maximum atomic E-state index is 12.6. The van der Waals surface area contributed by atoms with Gasteiger partial charge in [0.25, 0.3) is 0 Å². The zero-order valence-corrected chi connectivity index (χ0v) is 15.1. The van der Waals surface area contributed by atoms with Gasteiger partial charge in [0, 0.05) is 6.20 Å². The van der Waals surface area contributed by atoms with E-state index in [1.54, 1.807) is 42.6 Å². The first kappa shape index (κ1) is 17.1. The zero-order chi connectivity index (χ0) is 19.0. The summed E-state index contributed by atoms with van der Waals surface area (Å²) < 4.78 is 34.5. The lowest BCUT2D eigenvalue weighted by atomic mass is 10.2. The molecule has 27 heavy (non-hydrogen) atoms. The predicted molar refractivity (Wildman–Crippen MR) is 101 cm³/mol. The summed E-state index contributed by atoms with van der Waals surface area (Å²) in [5.74, 6) is 0.296. The van der Waals surface area contributed by atoms with Crippen LogP contribution in [0.25, 0.3) is 16.6 Å². The lowest BCUT2D eigenvalue weighted by molar-refractivity contribution is 0.419. The lowest BCUT2D eigenvalue weighted by Gasteiger charge is -2.10. The second-order valence-electron chi connectivity index (χ2n) is 5.93. The molecular formula is C18H16N4O4S. The third-order valence-corrected chi connectivity index (χ3v) is 5.32. The first-order valence-electron chi connectivity index (χ1n) is 8.05. The Labute approximate surface area is 155 Å². The van der Waals surface area contributed by atoms with Gasteiger partial charge in [0.15, 0.2) is 11.4 Å². The van der Waals surface area contributed by atoms with Gasteiger partial charge in [0.1, 0.15) is 5.75 Å². The van der Waals surface area contributed by atoms with Crippen LogP contribution < -0.4 is 9.46 Å². The molecule has 4 rings (SSSR count). The van der Waals surface area contributed by atoms with E-state index in [1.807, 2.05) is 6.07 Å². The second-order valence-corrected chi connectivity index (χ2v) is 7.65. The number of hydrogen-bond acceptors (Lipinski definition) is 6. The molecule has 3 aromatic heterocycles. The van der Waals surface area contributed by atoms with Crippen LogP contribution in [0.2, 0.25) is 0 Å². The number of rotatable bonds is 5. The number of anilines is 1. The Morgan fingerprint density at radius 3 is 2.70 bits per heavy atom. The summed E-state index contributed by atoms with van der Waals surface area (Å²) in [6, 6.07) is 12.2. The SMILES string of the molecule is COc1ccnc2c1cc1c(O)cnc(NS(=O)(=O)Cc3ccccc3)n12. The van der Waals surface area contributed by atoms with Gasteiger partial charge in [-0.05, 0) is 17.7 Å². The van der Waals surface area contributed by atoms with Crippen molar-refractivity contribution in [3.8, 4) is 11.5 Å². The van der Waals surface area contributed by atoms with Crippen LogP contribution in [0.1, 0.15) is 5.56 Å². The maximum Gasteiger partial charge on any atom is 0.239 e. The van der Waals surface area contributed by atoms with Crippen LogP contribution in [0.4, 0.5) is 5.95 Å². The monoisotopic (exact) mass is 384 g/mol. The molecule has 0 saturated heterocycles. The average molecular weight is 384 g/mol. The molecule has 0 radical (unpaired) electrons. The molecule has 0 bridgehead atoms. The van der Waals surface area contributed by atoms with Crippen LogP contribution in [-0.4, -0.2) is 35.0 Å². The summed E-state index contributed by atoms with van der Waals surface area (Å²) in [6.07, 6.45) is 2.74. The quantitative estimate of drug-likeness (QED) is 0.548. The van der Waals surface area contributed by atoms with Crippen LogP contribution in [-0.2, 0) is 15.8 Å². The van der Waals surface area contributed by atoms with Crippen molar-refractivity contribution >= 4 is 32.5 Å². The van der Waals surface area contributed by atoms with Gasteiger partial charge in [-0.1, -0.05) is 30.3 Å². The number of hydrogen-bond donors (Lipinski definition) is 2. The number of nitrogens with one attached hydrogen (secondary N) is 1. The molecule has 3 heterocycles. The minimum absolute atomic E-state index is 0.0366. The molecule has 4 aromatic rings. The Morgan fingerprint density at radius 1 is 1.19 bits per heavy atom. The highest BCUT2D eigenvalue weighted by Gasteiger charge is 2.19. The van der Waals surface area contributed by atoms with Crippen LogP contribution in [0.15, 0.2) is 54.9 Å². The van der Waals surface area contributed by atoms with E-state index in [1.165, 1.54) is 17.7 Å². The molecule has 1 aromatic carbocycles. The van der Waals surface area contributed by atoms with Gasteiger partial charge in [-0.2, -0.15) is 0 Å². The topological polar surface area (TPSA) is 106 Å². The zero-order valence-electron chi connectivity index (χ0n) is 14.3. The Balaban J connectivity index is 1.84. The summed E-state index contributed by atoms with van der Waals surface area (Å²) >= 11 is 0. The number of nitrogens with zero attached hydrogens (tertiary/aromatic N) is 3. The lowest BCUT2D eigenvalue weighted by Crippen LogP contribution is -2.18. The van der Waals surface area contributed by atoms with Crippen LogP contribution >= 0.6 is 0 Å². The summed E-state index contributed by atoms with van der Waals surface area (Å²) in [5.41, 5.74) is 1.44. The third kappa shape index (κ3) is 3.13. The highest BCUT2D eigenvalue weighted by atomic mass is 32.2. The molecule has 2 N–H and O–H groups in total. The molecule has 0 fully saturated rings. The van der Waals surface area contributed by atoms with Crippen molar-refractivity contribution in [1.82, 2.24) is 14.4 Å². The van der Waals surface area contributed by atoms with E-state index in [4.69, 9.17) is 4.74 Å². The van der Waals surface area contributed by atoms with Crippen molar-refractivity contribution in [3.05, 3.63) is 60.4 Å². The van der Waals surface area contributed by atoms with Crippen LogP contribution in [0.3, 0.4) is 0 Å². The number of sulfonamides is 1. The van der Waals surface area contributed by atoms with Gasteiger partial charge in [-0.25, -0.2) is 18.4 Å².